The van der Waals surface area contributed by atoms with Crippen LogP contribution in [0.1, 0.15) is 10.4 Å². The van der Waals surface area contributed by atoms with Crippen LogP contribution in [0.4, 0.5) is 0 Å². The number of carbonyl (C=O) groups is 1. The zero-order valence-electron chi connectivity index (χ0n) is 6.51. The summed E-state index contributed by atoms with van der Waals surface area (Å²) < 4.78 is 1.52. The number of H-pyrrole nitrogens is 1. The molecule has 0 aliphatic carbocycles. The predicted octanol–water partition coefficient (Wildman–Crippen LogP) is -0.911. The van der Waals surface area contributed by atoms with Gasteiger partial charge in [0.15, 0.2) is 0 Å². The molecule has 13 heavy (non-hydrogen) atoms. The van der Waals surface area contributed by atoms with Gasteiger partial charge in [-0.2, -0.15) is 5.10 Å². The van der Waals surface area contributed by atoms with Crippen LogP contribution in [0.15, 0.2) is 18.9 Å². The van der Waals surface area contributed by atoms with Crippen LogP contribution in [-0.2, 0) is 0 Å². The molecule has 0 aliphatic heterocycles. The van der Waals surface area contributed by atoms with Gasteiger partial charge in [-0.25, -0.2) is 0 Å². The second kappa shape index (κ2) is 2.70. The molecular weight excluding hydrogens is 172 g/mol. The first kappa shape index (κ1) is 7.47. The third kappa shape index (κ3) is 1.15. The lowest BCUT2D eigenvalue weighted by Gasteiger charge is -1.97. The fraction of sp³-hybridized carbons (Fsp3) is 0. The summed E-state index contributed by atoms with van der Waals surface area (Å²) in [7, 11) is 0. The minimum Gasteiger partial charge on any atom is -0.365 e. The largest absolute Gasteiger partial charge is 0.365 e. The standard InChI is InChI=1S/C6H6N6O/c7-5(13)4-1-8-11-6(4)12-2-9-10-3-12/h1-3H,(H2,7,13)(H,8,11). The molecule has 3 N–H and O–H groups in total. The van der Waals surface area contributed by atoms with E-state index in [4.69, 9.17) is 5.73 Å². The minimum atomic E-state index is -0.544. The summed E-state index contributed by atoms with van der Waals surface area (Å²) in [6, 6.07) is 0. The van der Waals surface area contributed by atoms with Gasteiger partial charge in [0.25, 0.3) is 5.91 Å². The van der Waals surface area contributed by atoms with Gasteiger partial charge in [0.05, 0.1) is 6.20 Å². The summed E-state index contributed by atoms with van der Waals surface area (Å²) in [6.07, 6.45) is 4.25. The first-order chi connectivity index (χ1) is 6.29. The third-order valence-electron chi connectivity index (χ3n) is 1.56. The van der Waals surface area contributed by atoms with Crippen molar-refractivity contribution in [2.45, 2.75) is 0 Å². The van der Waals surface area contributed by atoms with Crippen molar-refractivity contribution in [2.24, 2.45) is 5.73 Å². The van der Waals surface area contributed by atoms with Gasteiger partial charge in [0.1, 0.15) is 24.0 Å². The van der Waals surface area contributed by atoms with E-state index >= 15 is 0 Å². The molecule has 2 aromatic heterocycles. The number of hydrogen-bond acceptors (Lipinski definition) is 4. The van der Waals surface area contributed by atoms with Crippen LogP contribution in [0.25, 0.3) is 5.82 Å². The number of nitrogens with two attached hydrogens (primary N) is 1. The highest BCUT2D eigenvalue weighted by molar-refractivity contribution is 5.95. The summed E-state index contributed by atoms with van der Waals surface area (Å²) in [5.74, 6) is -0.0741. The van der Waals surface area contributed by atoms with Gasteiger partial charge in [-0.3, -0.25) is 14.5 Å². The molecule has 0 spiro atoms. The Hall–Kier alpha value is -2.18. The molecule has 0 radical (unpaired) electrons. The van der Waals surface area contributed by atoms with E-state index in [1.807, 2.05) is 0 Å². The lowest BCUT2D eigenvalue weighted by atomic mass is 10.3. The van der Waals surface area contributed by atoms with Crippen molar-refractivity contribution in [3.05, 3.63) is 24.4 Å². The van der Waals surface area contributed by atoms with E-state index in [9.17, 15) is 4.79 Å². The maximum Gasteiger partial charge on any atom is 0.254 e. The third-order valence-corrected chi connectivity index (χ3v) is 1.56. The number of rotatable bonds is 2. The Labute approximate surface area is 72.6 Å². The quantitative estimate of drug-likeness (QED) is 0.621. The number of primary amides is 1. The monoisotopic (exact) mass is 178 g/mol. The summed E-state index contributed by atoms with van der Waals surface area (Å²) in [6.45, 7) is 0. The maximum atomic E-state index is 10.9. The minimum absolute atomic E-state index is 0.305. The Balaban J connectivity index is 2.52. The molecule has 0 aliphatic rings. The lowest BCUT2D eigenvalue weighted by molar-refractivity contribution is 0.100. The highest BCUT2D eigenvalue weighted by Gasteiger charge is 2.11. The van der Waals surface area contributed by atoms with Crippen LogP contribution >= 0.6 is 0 Å². The average Bonchev–Trinajstić information content (AvgIpc) is 2.74. The number of amides is 1. The van der Waals surface area contributed by atoms with Crippen molar-refractivity contribution in [2.75, 3.05) is 0 Å². The van der Waals surface area contributed by atoms with Gasteiger partial charge in [-0.15, -0.1) is 10.2 Å². The SMILES string of the molecule is NC(=O)c1cn[nH]c1-n1cnnc1. The number of aromatic nitrogens is 5. The molecule has 66 valence electrons. The molecule has 2 rings (SSSR count). The fourth-order valence-electron chi connectivity index (χ4n) is 0.973. The van der Waals surface area contributed by atoms with Gasteiger partial charge in [-0.05, 0) is 0 Å². The predicted molar refractivity (Wildman–Crippen MR) is 42.0 cm³/mol. The van der Waals surface area contributed by atoms with Crippen LogP contribution in [0.2, 0.25) is 0 Å². The summed E-state index contributed by atoms with van der Waals surface area (Å²) in [4.78, 5) is 10.9. The molecule has 0 fully saturated rings. The highest BCUT2D eigenvalue weighted by Crippen LogP contribution is 2.07. The molecule has 0 saturated carbocycles. The van der Waals surface area contributed by atoms with E-state index < -0.39 is 5.91 Å². The molecule has 0 atom stereocenters. The molecule has 1 amide bonds. The molecule has 2 aromatic rings. The number of nitrogens with zero attached hydrogens (tertiary/aromatic N) is 4. The Morgan fingerprint density at radius 1 is 1.46 bits per heavy atom. The van der Waals surface area contributed by atoms with Crippen LogP contribution in [0, 0.1) is 0 Å². The van der Waals surface area contributed by atoms with Crippen LogP contribution in [-0.4, -0.2) is 30.9 Å². The Morgan fingerprint density at radius 2 is 2.15 bits per heavy atom. The molecule has 0 aromatic carbocycles. The van der Waals surface area contributed by atoms with E-state index in [0.29, 0.717) is 11.4 Å². The Morgan fingerprint density at radius 3 is 2.77 bits per heavy atom. The lowest BCUT2D eigenvalue weighted by Crippen LogP contribution is -2.12. The molecule has 0 bridgehead atoms. The molecule has 7 nitrogen and oxygen atoms in total. The van der Waals surface area contributed by atoms with Crippen molar-refractivity contribution in [1.29, 1.82) is 0 Å². The molecule has 0 unspecified atom stereocenters. The molecule has 2 heterocycles. The van der Waals surface area contributed by atoms with Crippen molar-refractivity contribution in [1.82, 2.24) is 25.0 Å². The van der Waals surface area contributed by atoms with Gasteiger partial charge >= 0.3 is 0 Å². The topological polar surface area (TPSA) is 102 Å². The van der Waals surface area contributed by atoms with Gasteiger partial charge in [0, 0.05) is 0 Å². The summed E-state index contributed by atoms with van der Waals surface area (Å²) >= 11 is 0. The smallest absolute Gasteiger partial charge is 0.254 e. The number of aromatic amines is 1. The van der Waals surface area contributed by atoms with Crippen molar-refractivity contribution in [3.63, 3.8) is 0 Å². The van der Waals surface area contributed by atoms with Crippen molar-refractivity contribution >= 4 is 5.91 Å². The van der Waals surface area contributed by atoms with Crippen LogP contribution in [0.3, 0.4) is 0 Å². The second-order valence-electron chi connectivity index (χ2n) is 2.37. The van der Waals surface area contributed by atoms with Crippen LogP contribution < -0.4 is 5.73 Å². The summed E-state index contributed by atoms with van der Waals surface area (Å²) in [5.41, 5.74) is 5.42. The number of carbonyl (C=O) groups excluding carboxylic acids is 1. The number of nitrogens with one attached hydrogen (secondary N) is 1. The van der Waals surface area contributed by atoms with E-state index in [1.165, 1.54) is 23.4 Å². The van der Waals surface area contributed by atoms with E-state index in [0.717, 1.165) is 0 Å². The average molecular weight is 178 g/mol. The Kier molecular flexibility index (Phi) is 1.55. The zero-order valence-corrected chi connectivity index (χ0v) is 6.51. The van der Waals surface area contributed by atoms with E-state index in [-0.39, 0.29) is 0 Å². The fourth-order valence-corrected chi connectivity index (χ4v) is 0.973. The van der Waals surface area contributed by atoms with E-state index in [2.05, 4.69) is 20.4 Å². The zero-order chi connectivity index (χ0) is 9.26. The Bertz CT molecular complexity index is 416. The van der Waals surface area contributed by atoms with Gasteiger partial charge in [0.2, 0.25) is 0 Å². The van der Waals surface area contributed by atoms with Crippen molar-refractivity contribution < 1.29 is 4.79 Å². The van der Waals surface area contributed by atoms with Crippen LogP contribution in [0.5, 0.6) is 0 Å². The van der Waals surface area contributed by atoms with Crippen molar-refractivity contribution in [3.8, 4) is 5.82 Å². The van der Waals surface area contributed by atoms with E-state index in [1.54, 1.807) is 0 Å². The first-order valence-electron chi connectivity index (χ1n) is 3.47. The molecule has 0 saturated heterocycles. The molecular formula is C6H6N6O. The normalized spacial score (nSPS) is 10.2. The second-order valence-corrected chi connectivity index (χ2v) is 2.37. The number of hydrogen-bond donors (Lipinski definition) is 2. The van der Waals surface area contributed by atoms with Gasteiger partial charge in [-0.1, -0.05) is 0 Å². The van der Waals surface area contributed by atoms with Gasteiger partial charge < -0.3 is 5.73 Å². The first-order valence-corrected chi connectivity index (χ1v) is 3.47. The maximum absolute atomic E-state index is 10.9. The summed E-state index contributed by atoms with van der Waals surface area (Å²) in [5, 5.41) is 13.5. The molecule has 7 heteroatoms. The highest BCUT2D eigenvalue weighted by atomic mass is 16.1.